The summed E-state index contributed by atoms with van der Waals surface area (Å²) in [5.74, 6) is -0.523. The third-order valence-corrected chi connectivity index (χ3v) is 5.62. The number of hydrogen-bond acceptors (Lipinski definition) is 5. The van der Waals surface area contributed by atoms with Gasteiger partial charge in [-0.3, -0.25) is 9.48 Å². The normalized spacial score (nSPS) is 11.6. The van der Waals surface area contributed by atoms with Crippen LogP contribution in [0.4, 0.5) is 0 Å². The summed E-state index contributed by atoms with van der Waals surface area (Å²) in [5.41, 5.74) is 1.85. The van der Waals surface area contributed by atoms with E-state index in [0.717, 1.165) is 11.1 Å². The Morgan fingerprint density at radius 3 is 2.68 bits per heavy atom. The molecular weight excluding hydrogens is 340 g/mol. The molecule has 3 aromatic rings. The molecule has 8 heteroatoms. The van der Waals surface area contributed by atoms with E-state index in [9.17, 15) is 13.2 Å². The predicted octanol–water partition coefficient (Wildman–Crippen LogP) is 1.48. The van der Waals surface area contributed by atoms with Gasteiger partial charge in [0.05, 0.1) is 21.9 Å². The van der Waals surface area contributed by atoms with Gasteiger partial charge in [0.25, 0.3) is 5.91 Å². The number of hydrogen-bond donors (Lipinski definition) is 1. The molecule has 3 rings (SSSR count). The summed E-state index contributed by atoms with van der Waals surface area (Å²) >= 11 is 0. The van der Waals surface area contributed by atoms with Crippen molar-refractivity contribution < 1.29 is 13.2 Å². The highest BCUT2D eigenvalue weighted by atomic mass is 32.2. The number of fused-ring (bicyclic) bond motifs is 1. The number of benzene rings is 1. The number of aromatic nitrogens is 3. The average Bonchev–Trinajstić information content (AvgIpc) is 2.89. The van der Waals surface area contributed by atoms with Gasteiger partial charge in [-0.2, -0.15) is 5.10 Å². The van der Waals surface area contributed by atoms with Crippen molar-refractivity contribution >= 4 is 26.8 Å². The molecule has 25 heavy (non-hydrogen) atoms. The van der Waals surface area contributed by atoms with Crippen molar-refractivity contribution in [2.75, 3.05) is 12.3 Å². The molecule has 0 aliphatic rings. The Labute approximate surface area is 145 Å². The Bertz CT molecular complexity index is 1030. The van der Waals surface area contributed by atoms with Crippen LogP contribution in [0.15, 0.2) is 47.5 Å². The summed E-state index contributed by atoms with van der Waals surface area (Å²) in [6.07, 6.45) is 1.46. The lowest BCUT2D eigenvalue weighted by Gasteiger charge is -2.07. The molecule has 130 valence electrons. The smallest absolute Gasteiger partial charge is 0.252 e. The van der Waals surface area contributed by atoms with Gasteiger partial charge in [0.1, 0.15) is 0 Å². The SMILES string of the molecule is Cc1nn(C)c2ncc(C(=O)NCCS(=O)(=O)c3ccccc3)cc12. The molecular formula is C17H18N4O3S. The molecule has 2 heterocycles. The first-order valence-corrected chi connectivity index (χ1v) is 9.39. The number of nitrogens with zero attached hydrogens (tertiary/aromatic N) is 3. The molecule has 0 saturated heterocycles. The van der Waals surface area contributed by atoms with Crippen molar-refractivity contribution in [2.24, 2.45) is 7.05 Å². The van der Waals surface area contributed by atoms with Gasteiger partial charge in [-0.25, -0.2) is 13.4 Å². The van der Waals surface area contributed by atoms with E-state index >= 15 is 0 Å². The average molecular weight is 358 g/mol. The molecule has 0 unspecified atom stereocenters. The minimum Gasteiger partial charge on any atom is -0.351 e. The van der Waals surface area contributed by atoms with E-state index in [-0.39, 0.29) is 23.1 Å². The van der Waals surface area contributed by atoms with Crippen molar-refractivity contribution in [2.45, 2.75) is 11.8 Å². The van der Waals surface area contributed by atoms with Gasteiger partial charge in [-0.05, 0) is 25.1 Å². The van der Waals surface area contributed by atoms with E-state index in [1.807, 2.05) is 6.92 Å². The fraction of sp³-hybridized carbons (Fsp3) is 0.235. The molecule has 0 aliphatic carbocycles. The first-order valence-electron chi connectivity index (χ1n) is 7.74. The lowest BCUT2D eigenvalue weighted by Crippen LogP contribution is -2.29. The van der Waals surface area contributed by atoms with Crippen LogP contribution in [-0.4, -0.2) is 41.4 Å². The standard InChI is InChI=1S/C17H18N4O3S/c1-12-15-10-13(11-19-16(15)21(2)20-12)17(22)18-8-9-25(23,24)14-6-4-3-5-7-14/h3-7,10-11H,8-9H2,1-2H3,(H,18,22). The second kappa shape index (κ2) is 6.64. The van der Waals surface area contributed by atoms with Crippen LogP contribution in [0.1, 0.15) is 16.1 Å². The van der Waals surface area contributed by atoms with E-state index in [1.54, 1.807) is 48.1 Å². The summed E-state index contributed by atoms with van der Waals surface area (Å²) < 4.78 is 26.0. The van der Waals surface area contributed by atoms with E-state index in [2.05, 4.69) is 15.4 Å². The van der Waals surface area contributed by atoms with E-state index in [0.29, 0.717) is 11.2 Å². The summed E-state index contributed by atoms with van der Waals surface area (Å²) in [5, 5.41) is 7.69. The maximum atomic E-state index is 12.3. The maximum Gasteiger partial charge on any atom is 0.252 e. The van der Waals surface area contributed by atoms with Crippen molar-refractivity contribution in [3.63, 3.8) is 0 Å². The molecule has 1 N–H and O–H groups in total. The van der Waals surface area contributed by atoms with Gasteiger partial charge < -0.3 is 5.32 Å². The number of nitrogens with one attached hydrogen (secondary N) is 1. The number of pyridine rings is 1. The Kier molecular flexibility index (Phi) is 4.54. The minimum absolute atomic E-state index is 0.0279. The highest BCUT2D eigenvalue weighted by Crippen LogP contribution is 2.16. The molecule has 0 atom stereocenters. The third-order valence-electron chi connectivity index (χ3n) is 3.88. The highest BCUT2D eigenvalue weighted by molar-refractivity contribution is 7.91. The minimum atomic E-state index is -3.42. The Morgan fingerprint density at radius 1 is 1.24 bits per heavy atom. The molecule has 1 aromatic carbocycles. The zero-order chi connectivity index (χ0) is 18.0. The molecule has 0 spiro atoms. The van der Waals surface area contributed by atoms with Crippen molar-refractivity contribution in [3.8, 4) is 0 Å². The number of rotatable bonds is 5. The van der Waals surface area contributed by atoms with Gasteiger partial charge >= 0.3 is 0 Å². The van der Waals surface area contributed by atoms with Gasteiger partial charge in [-0.15, -0.1) is 0 Å². The monoisotopic (exact) mass is 358 g/mol. The molecule has 1 amide bonds. The first-order chi connectivity index (χ1) is 11.9. The number of carbonyl (C=O) groups is 1. The van der Waals surface area contributed by atoms with Crippen LogP contribution in [-0.2, 0) is 16.9 Å². The Hall–Kier alpha value is -2.74. The van der Waals surface area contributed by atoms with E-state index in [4.69, 9.17) is 0 Å². The summed E-state index contributed by atoms with van der Waals surface area (Å²) in [6, 6.07) is 9.89. The van der Waals surface area contributed by atoms with Gasteiger partial charge in [-0.1, -0.05) is 18.2 Å². The topological polar surface area (TPSA) is 93.9 Å². The number of sulfone groups is 1. The third kappa shape index (κ3) is 3.53. The second-order valence-electron chi connectivity index (χ2n) is 5.69. The predicted molar refractivity (Wildman–Crippen MR) is 94.1 cm³/mol. The molecule has 0 aliphatic heterocycles. The highest BCUT2D eigenvalue weighted by Gasteiger charge is 2.15. The van der Waals surface area contributed by atoms with Crippen LogP contribution in [0, 0.1) is 6.92 Å². The van der Waals surface area contributed by atoms with Crippen molar-refractivity contribution in [1.29, 1.82) is 0 Å². The van der Waals surface area contributed by atoms with Crippen LogP contribution in [0.25, 0.3) is 11.0 Å². The fourth-order valence-corrected chi connectivity index (χ4v) is 3.76. The van der Waals surface area contributed by atoms with E-state index in [1.165, 1.54) is 6.20 Å². The van der Waals surface area contributed by atoms with Crippen molar-refractivity contribution in [1.82, 2.24) is 20.1 Å². The second-order valence-corrected chi connectivity index (χ2v) is 7.80. The summed E-state index contributed by atoms with van der Waals surface area (Å²) in [7, 11) is -1.63. The number of carbonyl (C=O) groups excluding carboxylic acids is 1. The first kappa shape index (κ1) is 17.1. The largest absolute Gasteiger partial charge is 0.351 e. The number of amides is 1. The molecule has 0 saturated carbocycles. The zero-order valence-corrected chi connectivity index (χ0v) is 14.7. The van der Waals surface area contributed by atoms with Crippen molar-refractivity contribution in [3.05, 3.63) is 53.9 Å². The maximum absolute atomic E-state index is 12.3. The zero-order valence-electron chi connectivity index (χ0n) is 13.9. The number of aryl methyl sites for hydroxylation is 2. The van der Waals surface area contributed by atoms with Crippen LogP contribution in [0.5, 0.6) is 0 Å². The van der Waals surface area contributed by atoms with Gasteiger partial charge in [0.15, 0.2) is 15.5 Å². The fourth-order valence-electron chi connectivity index (χ4n) is 2.58. The van der Waals surface area contributed by atoms with Crippen LogP contribution in [0.2, 0.25) is 0 Å². The molecule has 0 radical (unpaired) electrons. The quantitative estimate of drug-likeness (QED) is 0.745. The lowest BCUT2D eigenvalue weighted by molar-refractivity contribution is 0.0956. The molecule has 7 nitrogen and oxygen atoms in total. The van der Waals surface area contributed by atoms with Crippen LogP contribution >= 0.6 is 0 Å². The van der Waals surface area contributed by atoms with Crippen LogP contribution < -0.4 is 5.32 Å². The molecule has 2 aromatic heterocycles. The Morgan fingerprint density at radius 2 is 1.96 bits per heavy atom. The molecule has 0 bridgehead atoms. The van der Waals surface area contributed by atoms with Gasteiger partial charge in [0, 0.05) is 25.2 Å². The van der Waals surface area contributed by atoms with Gasteiger partial charge in [0.2, 0.25) is 0 Å². The summed E-state index contributed by atoms with van der Waals surface area (Å²) in [4.78, 5) is 16.8. The summed E-state index contributed by atoms with van der Waals surface area (Å²) in [6.45, 7) is 1.87. The lowest BCUT2D eigenvalue weighted by atomic mass is 10.2. The Balaban J connectivity index is 1.68. The van der Waals surface area contributed by atoms with Crippen LogP contribution in [0.3, 0.4) is 0 Å². The van der Waals surface area contributed by atoms with E-state index < -0.39 is 9.84 Å². The molecule has 0 fully saturated rings.